The third-order valence-electron chi connectivity index (χ3n) is 2.29. The number of aromatic nitrogens is 1. The van der Waals surface area contributed by atoms with E-state index >= 15 is 0 Å². The molecule has 0 bridgehead atoms. The molecule has 1 aromatic rings. The lowest BCUT2D eigenvalue weighted by molar-refractivity contribution is 0.0810. The highest BCUT2D eigenvalue weighted by Gasteiger charge is 2.33. The number of alkyl halides is 1. The Kier molecular flexibility index (Phi) is 2.90. The Balaban J connectivity index is 2.22. The molecule has 1 aliphatic rings. The minimum Gasteiger partial charge on any atom is -0.381 e. The van der Waals surface area contributed by atoms with Crippen LogP contribution in [0.5, 0.6) is 0 Å². The van der Waals surface area contributed by atoms with Gasteiger partial charge < -0.3 is 4.74 Å². The van der Waals surface area contributed by atoms with Crippen molar-refractivity contribution in [3.63, 3.8) is 0 Å². The van der Waals surface area contributed by atoms with Crippen molar-refractivity contribution in [2.75, 3.05) is 13.2 Å². The molecule has 72 valence electrons. The zero-order valence-corrected chi connectivity index (χ0v) is 10.5. The molecule has 0 atom stereocenters. The van der Waals surface area contributed by atoms with Crippen LogP contribution < -0.4 is 0 Å². The summed E-state index contributed by atoms with van der Waals surface area (Å²) in [6, 6.07) is 0. The molecule has 1 saturated heterocycles. The summed E-state index contributed by atoms with van der Waals surface area (Å²) in [5.74, 6) is 0. The number of hydrogen-bond acceptors (Lipinski definition) is 3. The highest BCUT2D eigenvalue weighted by molar-refractivity contribution is 14.1. The maximum Gasteiger partial charge on any atom is 0.109 e. The SMILES string of the molecule is Cc1csc(C2(I)CCOCC2)n1. The predicted octanol–water partition coefficient (Wildman–Crippen LogP) is 2.89. The van der Waals surface area contributed by atoms with Crippen molar-refractivity contribution in [3.8, 4) is 0 Å². The monoisotopic (exact) mass is 309 g/mol. The fraction of sp³-hybridized carbons (Fsp3) is 0.667. The van der Waals surface area contributed by atoms with Crippen LogP contribution in [0, 0.1) is 6.92 Å². The highest BCUT2D eigenvalue weighted by atomic mass is 127. The van der Waals surface area contributed by atoms with Crippen LogP contribution in [0.3, 0.4) is 0 Å². The fourth-order valence-electron chi connectivity index (χ4n) is 1.47. The first-order valence-corrected chi connectivity index (χ1v) is 6.36. The van der Waals surface area contributed by atoms with Crippen molar-refractivity contribution >= 4 is 33.9 Å². The number of hydrogen-bond donors (Lipinski definition) is 0. The molecule has 2 nitrogen and oxygen atoms in total. The fourth-order valence-corrected chi connectivity index (χ4v) is 3.36. The van der Waals surface area contributed by atoms with Gasteiger partial charge in [0.1, 0.15) is 5.01 Å². The number of aryl methyl sites for hydroxylation is 1. The van der Waals surface area contributed by atoms with Crippen LogP contribution in [-0.2, 0) is 8.16 Å². The van der Waals surface area contributed by atoms with E-state index in [1.54, 1.807) is 11.3 Å². The molecule has 1 fully saturated rings. The molecule has 1 aromatic heterocycles. The second-order valence-corrected chi connectivity index (χ2v) is 6.29. The molecular formula is C9H12INOS. The third-order valence-corrected chi connectivity index (χ3v) is 5.41. The molecule has 0 aromatic carbocycles. The number of halogens is 1. The lowest BCUT2D eigenvalue weighted by Gasteiger charge is -2.29. The predicted molar refractivity (Wildman–Crippen MR) is 62.6 cm³/mol. The van der Waals surface area contributed by atoms with Crippen molar-refractivity contribution in [3.05, 3.63) is 16.1 Å². The molecule has 0 radical (unpaired) electrons. The number of rotatable bonds is 1. The lowest BCUT2D eigenvalue weighted by atomic mass is 10.0. The molecule has 1 aliphatic heterocycles. The van der Waals surface area contributed by atoms with Gasteiger partial charge in [-0.3, -0.25) is 0 Å². The van der Waals surface area contributed by atoms with Crippen molar-refractivity contribution < 1.29 is 4.74 Å². The molecule has 13 heavy (non-hydrogen) atoms. The summed E-state index contributed by atoms with van der Waals surface area (Å²) in [7, 11) is 0. The van der Waals surface area contributed by atoms with Gasteiger partial charge in [-0.2, -0.15) is 0 Å². The van der Waals surface area contributed by atoms with E-state index < -0.39 is 0 Å². The van der Waals surface area contributed by atoms with Gasteiger partial charge >= 0.3 is 0 Å². The van der Waals surface area contributed by atoms with E-state index in [2.05, 4.69) is 39.9 Å². The van der Waals surface area contributed by atoms with E-state index in [1.165, 1.54) is 5.01 Å². The van der Waals surface area contributed by atoms with Crippen LogP contribution in [0.1, 0.15) is 23.5 Å². The van der Waals surface area contributed by atoms with Gasteiger partial charge in [-0.15, -0.1) is 11.3 Å². The van der Waals surface area contributed by atoms with Crippen molar-refractivity contribution in [2.24, 2.45) is 0 Å². The van der Waals surface area contributed by atoms with Gasteiger partial charge in [0.25, 0.3) is 0 Å². The van der Waals surface area contributed by atoms with E-state index in [-0.39, 0.29) is 3.42 Å². The van der Waals surface area contributed by atoms with E-state index in [0.717, 1.165) is 31.7 Å². The Bertz CT molecular complexity index is 294. The molecule has 0 N–H and O–H groups in total. The van der Waals surface area contributed by atoms with Gasteiger partial charge in [-0.25, -0.2) is 4.98 Å². The first-order chi connectivity index (χ1) is 6.21. The lowest BCUT2D eigenvalue weighted by Crippen LogP contribution is -2.27. The second kappa shape index (κ2) is 3.82. The van der Waals surface area contributed by atoms with E-state index in [4.69, 9.17) is 4.74 Å². The van der Waals surface area contributed by atoms with E-state index in [1.807, 2.05) is 0 Å². The van der Waals surface area contributed by atoms with Crippen molar-refractivity contribution in [2.45, 2.75) is 23.2 Å². The molecule has 0 spiro atoms. The summed E-state index contributed by atoms with van der Waals surface area (Å²) in [4.78, 5) is 4.56. The van der Waals surface area contributed by atoms with E-state index in [9.17, 15) is 0 Å². The molecule has 4 heteroatoms. The summed E-state index contributed by atoms with van der Waals surface area (Å²) in [6.45, 7) is 3.81. The maximum absolute atomic E-state index is 5.37. The summed E-state index contributed by atoms with van der Waals surface area (Å²) in [6.07, 6.45) is 2.20. The van der Waals surface area contributed by atoms with Crippen LogP contribution >= 0.6 is 33.9 Å². The van der Waals surface area contributed by atoms with Gasteiger partial charge in [0, 0.05) is 24.3 Å². The average molecular weight is 309 g/mol. The van der Waals surface area contributed by atoms with Gasteiger partial charge in [0.05, 0.1) is 3.42 Å². The maximum atomic E-state index is 5.37. The van der Waals surface area contributed by atoms with Crippen LogP contribution in [0.15, 0.2) is 5.38 Å². The average Bonchev–Trinajstić information content (AvgIpc) is 2.54. The topological polar surface area (TPSA) is 22.1 Å². The Labute approximate surface area is 95.9 Å². The highest BCUT2D eigenvalue weighted by Crippen LogP contribution is 2.42. The van der Waals surface area contributed by atoms with Gasteiger partial charge in [-0.1, -0.05) is 22.6 Å². The largest absolute Gasteiger partial charge is 0.381 e. The van der Waals surface area contributed by atoms with Crippen molar-refractivity contribution in [1.29, 1.82) is 0 Å². The van der Waals surface area contributed by atoms with Gasteiger partial charge in [0.15, 0.2) is 0 Å². The molecule has 0 unspecified atom stereocenters. The van der Waals surface area contributed by atoms with Crippen LogP contribution in [0.25, 0.3) is 0 Å². The summed E-state index contributed by atoms with van der Waals surface area (Å²) < 4.78 is 5.61. The Morgan fingerprint density at radius 3 is 2.77 bits per heavy atom. The van der Waals surface area contributed by atoms with Crippen LogP contribution in [0.2, 0.25) is 0 Å². The molecule has 0 aliphatic carbocycles. The molecule has 2 heterocycles. The summed E-state index contributed by atoms with van der Waals surface area (Å²) in [5, 5.41) is 3.40. The third kappa shape index (κ3) is 2.05. The first kappa shape index (κ1) is 9.86. The van der Waals surface area contributed by atoms with Crippen LogP contribution in [0.4, 0.5) is 0 Å². The smallest absolute Gasteiger partial charge is 0.109 e. The number of ether oxygens (including phenoxy) is 1. The summed E-state index contributed by atoms with van der Waals surface area (Å²) in [5.41, 5.74) is 1.14. The molecule has 0 saturated carbocycles. The minimum atomic E-state index is 0.245. The van der Waals surface area contributed by atoms with Gasteiger partial charge in [0.2, 0.25) is 0 Å². The Hall–Kier alpha value is 0.320. The summed E-state index contributed by atoms with van der Waals surface area (Å²) >= 11 is 4.32. The normalized spacial score (nSPS) is 21.7. The van der Waals surface area contributed by atoms with Crippen LogP contribution in [-0.4, -0.2) is 18.2 Å². The Morgan fingerprint density at radius 2 is 2.23 bits per heavy atom. The first-order valence-electron chi connectivity index (χ1n) is 4.40. The van der Waals surface area contributed by atoms with Crippen molar-refractivity contribution in [1.82, 2.24) is 4.98 Å². The molecule has 2 rings (SSSR count). The molecular weight excluding hydrogens is 297 g/mol. The molecule has 0 amide bonds. The Morgan fingerprint density at radius 1 is 1.54 bits per heavy atom. The zero-order valence-electron chi connectivity index (χ0n) is 7.55. The number of thiazole rings is 1. The number of nitrogens with zero attached hydrogens (tertiary/aromatic N) is 1. The zero-order chi connectivity index (χ0) is 9.31. The second-order valence-electron chi connectivity index (χ2n) is 3.37. The standard InChI is InChI=1S/C9H12INOS/c1-7-6-13-8(11-7)9(10)2-4-12-5-3-9/h6H,2-5H2,1H3. The minimum absolute atomic E-state index is 0.245. The van der Waals surface area contributed by atoms with Gasteiger partial charge in [-0.05, 0) is 19.8 Å². The quantitative estimate of drug-likeness (QED) is 0.588. The van der Waals surface area contributed by atoms with E-state index in [0.29, 0.717) is 0 Å².